The summed E-state index contributed by atoms with van der Waals surface area (Å²) in [4.78, 5) is 0. The van der Waals surface area contributed by atoms with Crippen LogP contribution in [0.15, 0.2) is 0 Å². The highest BCUT2D eigenvalue weighted by atomic mass is 14.9. The zero-order valence-electron chi connectivity index (χ0n) is 10.4. The van der Waals surface area contributed by atoms with Gasteiger partial charge < -0.3 is 5.32 Å². The fraction of sp³-hybridized carbons (Fsp3) is 1.00. The lowest BCUT2D eigenvalue weighted by atomic mass is 9.77. The smallest absolute Gasteiger partial charge is 0.0116 e. The van der Waals surface area contributed by atoms with Gasteiger partial charge in [0.25, 0.3) is 0 Å². The van der Waals surface area contributed by atoms with Gasteiger partial charge in [0.15, 0.2) is 0 Å². The predicted octanol–water partition coefficient (Wildman–Crippen LogP) is 3.59. The Kier molecular flexibility index (Phi) is 4.43. The quantitative estimate of drug-likeness (QED) is 0.710. The molecule has 1 heteroatoms. The van der Waals surface area contributed by atoms with Crippen molar-refractivity contribution in [1.29, 1.82) is 0 Å². The van der Waals surface area contributed by atoms with Gasteiger partial charge in [0.2, 0.25) is 0 Å². The highest BCUT2D eigenvalue weighted by Crippen LogP contribution is 2.33. The molecule has 0 aromatic carbocycles. The van der Waals surface area contributed by atoms with Crippen LogP contribution in [0.1, 0.15) is 59.8 Å². The minimum absolute atomic E-state index is 0.416. The first kappa shape index (κ1) is 12.0. The van der Waals surface area contributed by atoms with Crippen molar-refractivity contribution in [1.82, 2.24) is 5.32 Å². The summed E-state index contributed by atoms with van der Waals surface area (Å²) in [6, 6.07) is 0.702. The van der Waals surface area contributed by atoms with Crippen LogP contribution in [0, 0.1) is 11.3 Å². The van der Waals surface area contributed by atoms with Crippen molar-refractivity contribution in [2.45, 2.75) is 65.8 Å². The maximum Gasteiger partial charge on any atom is 0.0116 e. The molecule has 0 radical (unpaired) electrons. The Morgan fingerprint density at radius 3 is 2.29 bits per heavy atom. The van der Waals surface area contributed by atoms with Crippen LogP contribution in [0.25, 0.3) is 0 Å². The molecule has 0 bridgehead atoms. The van der Waals surface area contributed by atoms with Crippen molar-refractivity contribution in [3.8, 4) is 0 Å². The lowest BCUT2D eigenvalue weighted by Crippen LogP contribution is -2.40. The summed E-state index contributed by atoms with van der Waals surface area (Å²) in [7, 11) is 0. The van der Waals surface area contributed by atoms with Crippen LogP contribution < -0.4 is 5.32 Å². The standard InChI is InChI=1S/C13H27N/c1-5-14-12(13(2,3)4)10-9-11-7-6-8-11/h11-12,14H,5-10H2,1-4H3. The van der Waals surface area contributed by atoms with Gasteiger partial charge >= 0.3 is 0 Å². The molecule has 1 rings (SSSR count). The van der Waals surface area contributed by atoms with Crippen LogP contribution in [-0.4, -0.2) is 12.6 Å². The Morgan fingerprint density at radius 1 is 1.29 bits per heavy atom. The summed E-state index contributed by atoms with van der Waals surface area (Å²) in [6.45, 7) is 10.4. The fourth-order valence-electron chi connectivity index (χ4n) is 2.27. The molecule has 0 aliphatic heterocycles. The molecular formula is C13H27N. The van der Waals surface area contributed by atoms with Gasteiger partial charge in [-0.2, -0.15) is 0 Å². The molecule has 1 unspecified atom stereocenters. The first-order valence-corrected chi connectivity index (χ1v) is 6.27. The summed E-state index contributed by atoms with van der Waals surface area (Å²) in [6.07, 6.45) is 7.26. The van der Waals surface area contributed by atoms with E-state index in [1.165, 1.54) is 32.1 Å². The second kappa shape index (κ2) is 5.16. The molecule has 14 heavy (non-hydrogen) atoms. The van der Waals surface area contributed by atoms with Crippen molar-refractivity contribution in [2.24, 2.45) is 11.3 Å². The second-order valence-electron chi connectivity index (χ2n) is 5.85. The highest BCUT2D eigenvalue weighted by Gasteiger charge is 2.25. The fourth-order valence-corrected chi connectivity index (χ4v) is 2.27. The molecule has 1 aliphatic rings. The van der Waals surface area contributed by atoms with Crippen LogP contribution >= 0.6 is 0 Å². The second-order valence-corrected chi connectivity index (χ2v) is 5.85. The van der Waals surface area contributed by atoms with E-state index in [1.54, 1.807) is 0 Å². The van der Waals surface area contributed by atoms with Gasteiger partial charge in [0.05, 0.1) is 0 Å². The maximum absolute atomic E-state index is 3.63. The third-order valence-corrected chi connectivity index (χ3v) is 3.58. The molecule has 84 valence electrons. The van der Waals surface area contributed by atoms with Gasteiger partial charge in [-0.25, -0.2) is 0 Å². The van der Waals surface area contributed by atoms with Crippen molar-refractivity contribution >= 4 is 0 Å². The Bertz CT molecular complexity index is 153. The summed E-state index contributed by atoms with van der Waals surface area (Å²) in [5, 5.41) is 3.63. The zero-order chi connectivity index (χ0) is 10.6. The predicted molar refractivity (Wildman–Crippen MR) is 63.5 cm³/mol. The number of hydrogen-bond donors (Lipinski definition) is 1. The zero-order valence-corrected chi connectivity index (χ0v) is 10.4. The Hall–Kier alpha value is -0.0400. The molecular weight excluding hydrogens is 170 g/mol. The summed E-state index contributed by atoms with van der Waals surface area (Å²) < 4.78 is 0. The third kappa shape index (κ3) is 3.61. The molecule has 1 nitrogen and oxygen atoms in total. The lowest BCUT2D eigenvalue weighted by molar-refractivity contribution is 0.214. The maximum atomic E-state index is 3.63. The molecule has 1 atom stereocenters. The molecule has 1 fully saturated rings. The minimum atomic E-state index is 0.416. The van der Waals surface area contributed by atoms with Gasteiger partial charge in [-0.15, -0.1) is 0 Å². The molecule has 1 saturated carbocycles. The minimum Gasteiger partial charge on any atom is -0.314 e. The summed E-state index contributed by atoms with van der Waals surface area (Å²) in [5.41, 5.74) is 0.416. The first-order valence-electron chi connectivity index (χ1n) is 6.27. The largest absolute Gasteiger partial charge is 0.314 e. The Labute approximate surface area is 89.7 Å². The van der Waals surface area contributed by atoms with Gasteiger partial charge in [-0.05, 0) is 30.7 Å². The van der Waals surface area contributed by atoms with Gasteiger partial charge in [0, 0.05) is 6.04 Å². The van der Waals surface area contributed by atoms with Crippen molar-refractivity contribution in [3.63, 3.8) is 0 Å². The van der Waals surface area contributed by atoms with Crippen LogP contribution in [0.3, 0.4) is 0 Å². The molecule has 1 aliphatic carbocycles. The van der Waals surface area contributed by atoms with Crippen molar-refractivity contribution in [2.75, 3.05) is 6.54 Å². The lowest BCUT2D eigenvalue weighted by Gasteiger charge is -2.34. The Morgan fingerprint density at radius 2 is 1.93 bits per heavy atom. The molecule has 0 spiro atoms. The molecule has 0 amide bonds. The van der Waals surface area contributed by atoms with Gasteiger partial charge in [-0.3, -0.25) is 0 Å². The van der Waals surface area contributed by atoms with Gasteiger partial charge in [0.1, 0.15) is 0 Å². The van der Waals surface area contributed by atoms with E-state index in [2.05, 4.69) is 33.0 Å². The van der Waals surface area contributed by atoms with E-state index >= 15 is 0 Å². The average Bonchev–Trinajstić information content (AvgIpc) is 1.98. The van der Waals surface area contributed by atoms with Gasteiger partial charge in [-0.1, -0.05) is 47.0 Å². The van der Waals surface area contributed by atoms with Crippen molar-refractivity contribution < 1.29 is 0 Å². The molecule has 0 aromatic heterocycles. The first-order chi connectivity index (χ1) is 6.54. The van der Waals surface area contributed by atoms with Crippen LogP contribution in [-0.2, 0) is 0 Å². The molecule has 0 heterocycles. The summed E-state index contributed by atoms with van der Waals surface area (Å²) in [5.74, 6) is 1.05. The van der Waals surface area contributed by atoms with E-state index in [4.69, 9.17) is 0 Å². The molecule has 1 N–H and O–H groups in total. The van der Waals surface area contributed by atoms with E-state index in [-0.39, 0.29) is 0 Å². The number of rotatable bonds is 5. The average molecular weight is 197 g/mol. The van der Waals surface area contributed by atoms with E-state index in [0.717, 1.165) is 12.5 Å². The highest BCUT2D eigenvalue weighted by molar-refractivity contribution is 4.82. The topological polar surface area (TPSA) is 12.0 Å². The van der Waals surface area contributed by atoms with Crippen LogP contribution in [0.2, 0.25) is 0 Å². The third-order valence-electron chi connectivity index (χ3n) is 3.58. The SMILES string of the molecule is CCNC(CCC1CCC1)C(C)(C)C. The normalized spacial score (nSPS) is 20.6. The van der Waals surface area contributed by atoms with Crippen LogP contribution in [0.4, 0.5) is 0 Å². The number of nitrogens with one attached hydrogen (secondary N) is 1. The molecule has 0 saturated heterocycles. The molecule has 0 aromatic rings. The van der Waals surface area contributed by atoms with E-state index in [1.807, 2.05) is 0 Å². The monoisotopic (exact) mass is 197 g/mol. The van der Waals surface area contributed by atoms with Crippen LogP contribution in [0.5, 0.6) is 0 Å². The number of hydrogen-bond acceptors (Lipinski definition) is 1. The van der Waals surface area contributed by atoms with E-state index < -0.39 is 0 Å². The van der Waals surface area contributed by atoms with E-state index in [0.29, 0.717) is 11.5 Å². The Balaban J connectivity index is 2.26. The summed E-state index contributed by atoms with van der Waals surface area (Å²) >= 11 is 0. The van der Waals surface area contributed by atoms with E-state index in [9.17, 15) is 0 Å². The van der Waals surface area contributed by atoms with Crippen molar-refractivity contribution in [3.05, 3.63) is 0 Å².